The van der Waals surface area contributed by atoms with Gasteiger partial charge >= 0.3 is 0 Å². The van der Waals surface area contributed by atoms with Crippen LogP contribution in [0, 0.1) is 112 Å². The standard InChI is InChI=1S/C55H90S/c1-35-50(38-15-6-3-7-16-38)32-42(33-51(35)39-25-23-37(24-26-39)36-13-4-2-5-14-36)40-27-30-49-52(31-40)45-18-9-8-17-44(45)48-21-12-20-43(55(48)49)41-28-29-47-46-19-10-11-22-53(46)56-54(47)34-41/h35-55H,2-34H2,1H3. The highest BCUT2D eigenvalue weighted by molar-refractivity contribution is 8.00. The van der Waals surface area contributed by atoms with Crippen molar-refractivity contribution >= 4 is 11.8 Å². The summed E-state index contributed by atoms with van der Waals surface area (Å²) < 4.78 is 0. The molecule has 1 aliphatic heterocycles. The summed E-state index contributed by atoms with van der Waals surface area (Å²) in [6, 6.07) is 0. The number of thioether (sulfide) groups is 1. The minimum atomic E-state index is 1.01. The SMILES string of the molecule is CC1C(C2CCCCC2)CC(C2CCC3C(C2)C2CCCCC2C2CCCC(C4CCC5C(C4)SC4CCCCC45)C23)CC1C1CCC(C2CCCCC2)CC1. The fourth-order valence-electron chi connectivity index (χ4n) is 20.5. The Balaban J connectivity index is 0.817. The molecule has 11 rings (SSSR count). The second kappa shape index (κ2) is 17.3. The number of fused-ring (bicyclic) bond motifs is 9. The molecule has 0 nitrogen and oxygen atoms in total. The van der Waals surface area contributed by atoms with E-state index in [0.29, 0.717) is 0 Å². The molecule has 0 amide bonds. The predicted octanol–water partition coefficient (Wildman–Crippen LogP) is 16.2. The Morgan fingerprint density at radius 1 is 0.250 bits per heavy atom. The van der Waals surface area contributed by atoms with E-state index >= 15 is 0 Å². The van der Waals surface area contributed by atoms with Crippen molar-refractivity contribution in [3.63, 3.8) is 0 Å². The Morgan fingerprint density at radius 2 is 0.714 bits per heavy atom. The zero-order valence-electron chi connectivity index (χ0n) is 36.9. The van der Waals surface area contributed by atoms with E-state index in [2.05, 4.69) is 18.7 Å². The van der Waals surface area contributed by atoms with Crippen LogP contribution in [0.25, 0.3) is 0 Å². The molecule has 0 bridgehead atoms. The van der Waals surface area contributed by atoms with E-state index in [1.54, 1.807) is 199 Å². The van der Waals surface area contributed by atoms with Gasteiger partial charge in [0.2, 0.25) is 0 Å². The van der Waals surface area contributed by atoms with Crippen molar-refractivity contribution in [3.8, 4) is 0 Å². The lowest BCUT2D eigenvalue weighted by atomic mass is 9.43. The molecule has 0 radical (unpaired) electrons. The number of rotatable bonds is 5. The van der Waals surface area contributed by atoms with Crippen molar-refractivity contribution in [2.24, 2.45) is 112 Å². The van der Waals surface area contributed by atoms with Gasteiger partial charge in [-0.3, -0.25) is 0 Å². The molecule has 1 heterocycles. The minimum Gasteiger partial charge on any atom is -0.155 e. The summed E-state index contributed by atoms with van der Waals surface area (Å²) in [5.74, 6) is 20.9. The monoisotopic (exact) mass is 783 g/mol. The molecule has 56 heavy (non-hydrogen) atoms. The van der Waals surface area contributed by atoms with Gasteiger partial charge in [0, 0.05) is 10.5 Å². The molecule has 0 N–H and O–H groups in total. The van der Waals surface area contributed by atoms with Gasteiger partial charge in [-0.2, -0.15) is 11.8 Å². The molecule has 10 aliphatic carbocycles. The predicted molar refractivity (Wildman–Crippen MR) is 240 cm³/mol. The van der Waals surface area contributed by atoms with E-state index in [1.807, 2.05) is 0 Å². The summed E-state index contributed by atoms with van der Waals surface area (Å²) in [6.07, 6.45) is 52.9. The van der Waals surface area contributed by atoms with Crippen LogP contribution in [0.15, 0.2) is 0 Å². The fraction of sp³-hybridized carbons (Fsp3) is 1.00. The van der Waals surface area contributed by atoms with Gasteiger partial charge in [-0.05, 0) is 228 Å². The lowest BCUT2D eigenvalue weighted by Gasteiger charge is -2.62. The average molecular weight is 783 g/mol. The third-order valence-electron chi connectivity index (χ3n) is 22.8. The molecule has 10 saturated carbocycles. The van der Waals surface area contributed by atoms with Crippen molar-refractivity contribution in [1.29, 1.82) is 0 Å². The van der Waals surface area contributed by atoms with Gasteiger partial charge < -0.3 is 0 Å². The van der Waals surface area contributed by atoms with Gasteiger partial charge in [-0.1, -0.05) is 103 Å². The first kappa shape index (κ1) is 39.2. The van der Waals surface area contributed by atoms with Crippen LogP contribution in [0.4, 0.5) is 0 Å². The van der Waals surface area contributed by atoms with E-state index in [-0.39, 0.29) is 0 Å². The molecule has 0 aromatic rings. The summed E-state index contributed by atoms with van der Waals surface area (Å²) in [6.45, 7) is 2.84. The molecule has 1 heteroatoms. The van der Waals surface area contributed by atoms with Crippen LogP contribution in [0.1, 0.15) is 219 Å². The third kappa shape index (κ3) is 7.42. The zero-order chi connectivity index (χ0) is 37.2. The molecular formula is C55H90S. The summed E-state index contributed by atoms with van der Waals surface area (Å²) >= 11 is 2.56. The highest BCUT2D eigenvalue weighted by atomic mass is 32.2. The maximum absolute atomic E-state index is 2.84. The summed E-state index contributed by atoms with van der Waals surface area (Å²) in [7, 11) is 0. The maximum Gasteiger partial charge on any atom is 0.00839 e. The van der Waals surface area contributed by atoms with Crippen LogP contribution in [0.2, 0.25) is 0 Å². The first-order valence-electron chi connectivity index (χ1n) is 27.3. The molecule has 0 aromatic heterocycles. The van der Waals surface area contributed by atoms with E-state index in [9.17, 15) is 0 Å². The van der Waals surface area contributed by atoms with Crippen LogP contribution in [0.5, 0.6) is 0 Å². The first-order valence-corrected chi connectivity index (χ1v) is 28.3. The highest BCUT2D eigenvalue weighted by Crippen LogP contribution is 2.66. The Kier molecular flexibility index (Phi) is 12.1. The van der Waals surface area contributed by atoms with Gasteiger partial charge in [-0.15, -0.1) is 0 Å². The summed E-state index contributed by atoms with van der Waals surface area (Å²) in [5, 5.41) is 2.12. The van der Waals surface area contributed by atoms with Crippen molar-refractivity contribution in [2.45, 2.75) is 229 Å². The van der Waals surface area contributed by atoms with E-state index in [0.717, 1.165) is 123 Å². The second-order valence-corrected chi connectivity index (χ2v) is 26.1. The van der Waals surface area contributed by atoms with Gasteiger partial charge in [-0.25, -0.2) is 0 Å². The van der Waals surface area contributed by atoms with E-state index in [1.165, 1.54) is 12.8 Å². The van der Waals surface area contributed by atoms with Crippen LogP contribution in [-0.4, -0.2) is 10.5 Å². The van der Waals surface area contributed by atoms with Crippen molar-refractivity contribution < 1.29 is 0 Å². The first-order chi connectivity index (χ1) is 27.7. The summed E-state index contributed by atoms with van der Waals surface area (Å²) in [4.78, 5) is 0. The van der Waals surface area contributed by atoms with Gasteiger partial charge in [0.25, 0.3) is 0 Å². The van der Waals surface area contributed by atoms with Gasteiger partial charge in [0.15, 0.2) is 0 Å². The van der Waals surface area contributed by atoms with Crippen LogP contribution >= 0.6 is 11.8 Å². The van der Waals surface area contributed by atoms with Crippen LogP contribution in [-0.2, 0) is 0 Å². The van der Waals surface area contributed by atoms with E-state index < -0.39 is 0 Å². The van der Waals surface area contributed by atoms with Crippen molar-refractivity contribution in [1.82, 2.24) is 0 Å². The zero-order valence-corrected chi connectivity index (χ0v) is 37.7. The summed E-state index contributed by atoms with van der Waals surface area (Å²) in [5.41, 5.74) is 0. The minimum absolute atomic E-state index is 1.01. The quantitative estimate of drug-likeness (QED) is 0.268. The van der Waals surface area contributed by atoms with E-state index in [4.69, 9.17) is 0 Å². The number of hydrogen-bond acceptors (Lipinski definition) is 1. The average Bonchev–Trinajstić information content (AvgIpc) is 3.65. The Labute approximate surface area is 352 Å². The van der Waals surface area contributed by atoms with Gasteiger partial charge in [0.05, 0.1) is 0 Å². The topological polar surface area (TPSA) is 0 Å². The second-order valence-electron chi connectivity index (χ2n) is 24.6. The Hall–Kier alpha value is 0.350. The van der Waals surface area contributed by atoms with Crippen molar-refractivity contribution in [2.75, 3.05) is 0 Å². The molecule has 0 spiro atoms. The molecule has 0 aromatic carbocycles. The Morgan fingerprint density at radius 3 is 1.46 bits per heavy atom. The highest BCUT2D eigenvalue weighted by Gasteiger charge is 2.58. The van der Waals surface area contributed by atoms with Crippen LogP contribution in [0.3, 0.4) is 0 Å². The molecule has 17 atom stereocenters. The lowest BCUT2D eigenvalue weighted by molar-refractivity contribution is -0.129. The van der Waals surface area contributed by atoms with Crippen molar-refractivity contribution in [3.05, 3.63) is 0 Å². The number of hydrogen-bond donors (Lipinski definition) is 0. The molecule has 316 valence electrons. The third-order valence-corrected chi connectivity index (χ3v) is 24.7. The Bertz CT molecular complexity index is 1270. The molecule has 17 unspecified atom stereocenters. The molecule has 1 saturated heterocycles. The molecule has 11 aliphatic rings. The largest absolute Gasteiger partial charge is 0.155 e. The lowest BCUT2D eigenvalue weighted by Crippen LogP contribution is -2.55. The smallest absolute Gasteiger partial charge is 0.00839 e. The maximum atomic E-state index is 2.84. The molecule has 11 fully saturated rings. The fourth-order valence-corrected chi connectivity index (χ4v) is 22.7. The van der Waals surface area contributed by atoms with Crippen LogP contribution < -0.4 is 0 Å². The molecular weight excluding hydrogens is 693 g/mol. The normalized spacial score (nSPS) is 53.2. The van der Waals surface area contributed by atoms with Gasteiger partial charge in [0.1, 0.15) is 0 Å².